The lowest BCUT2D eigenvalue weighted by Crippen LogP contribution is -2.49. The number of benzene rings is 2. The highest BCUT2D eigenvalue weighted by molar-refractivity contribution is 6.09. The number of rotatable bonds is 6. The monoisotopic (exact) mass is 434 g/mol. The molecule has 0 radical (unpaired) electrons. The van der Waals surface area contributed by atoms with Gasteiger partial charge in [0.05, 0.1) is 10.4 Å². The normalized spacial score (nSPS) is 17.2. The molecule has 0 spiro atoms. The maximum Gasteiger partial charge on any atom is 0.281 e. The van der Waals surface area contributed by atoms with E-state index in [4.69, 9.17) is 0 Å². The average Bonchev–Trinajstić information content (AvgIpc) is 2.79. The number of ketones is 1. The first-order valence-electron chi connectivity index (χ1n) is 10.4. The third kappa shape index (κ3) is 4.81. The van der Waals surface area contributed by atoms with Gasteiger partial charge in [0, 0.05) is 62.1 Å². The summed E-state index contributed by atoms with van der Waals surface area (Å²) in [6.07, 6.45) is 4.70. The van der Waals surface area contributed by atoms with Gasteiger partial charge in [-0.3, -0.25) is 24.8 Å². The number of aromatic nitrogens is 1. The first-order chi connectivity index (χ1) is 15.4. The van der Waals surface area contributed by atoms with E-state index in [0.29, 0.717) is 17.4 Å². The van der Waals surface area contributed by atoms with Crippen LogP contribution in [-0.2, 0) is 6.54 Å². The van der Waals surface area contributed by atoms with Crippen molar-refractivity contribution in [1.82, 2.24) is 14.8 Å². The molecule has 1 aliphatic rings. The lowest BCUT2D eigenvalue weighted by Gasteiger charge is -2.39. The molecule has 0 aliphatic carbocycles. The fourth-order valence-corrected chi connectivity index (χ4v) is 3.97. The minimum Gasteiger partial charge on any atom is -0.372 e. The number of carbonyl (C=O) groups is 1. The molecule has 0 N–H and O–H groups in total. The number of halogens is 1. The van der Waals surface area contributed by atoms with Crippen LogP contribution in [0.25, 0.3) is 10.9 Å². The second-order valence-electron chi connectivity index (χ2n) is 7.95. The standard InChI is InChI=1S/C24H23FN4O3/c1-17-15-27(16-18-4-6-20(25)7-5-18)11-12-28(17)10-8-24(30)21-14-22-19(3-2-9-26-22)13-23(21)29(31)32/h2-10,13-14,17H,11-12,15-16H2,1H3/t17-/m1/s1. The Balaban J connectivity index is 1.44. The number of fused-ring (bicyclic) bond motifs is 1. The molecule has 2 heterocycles. The highest BCUT2D eigenvalue weighted by Gasteiger charge is 2.23. The van der Waals surface area contributed by atoms with E-state index < -0.39 is 10.7 Å². The summed E-state index contributed by atoms with van der Waals surface area (Å²) in [5.41, 5.74) is 1.39. The Hall–Kier alpha value is -3.65. The number of nitrogens with zero attached hydrogens (tertiary/aromatic N) is 4. The minimum atomic E-state index is -0.537. The topological polar surface area (TPSA) is 79.6 Å². The predicted molar refractivity (Wildman–Crippen MR) is 120 cm³/mol. The Bertz CT molecular complexity index is 1180. The van der Waals surface area contributed by atoms with E-state index in [9.17, 15) is 19.3 Å². The third-order valence-corrected chi connectivity index (χ3v) is 5.68. The van der Waals surface area contributed by atoms with Gasteiger partial charge in [-0.1, -0.05) is 18.2 Å². The number of hydrogen-bond donors (Lipinski definition) is 0. The molecule has 4 rings (SSSR count). The molecule has 0 unspecified atom stereocenters. The third-order valence-electron chi connectivity index (χ3n) is 5.68. The molecule has 8 heteroatoms. The van der Waals surface area contributed by atoms with E-state index in [1.165, 1.54) is 30.3 Å². The van der Waals surface area contributed by atoms with Crippen LogP contribution in [0.1, 0.15) is 22.8 Å². The number of piperazine rings is 1. The van der Waals surface area contributed by atoms with Crippen molar-refractivity contribution in [3.8, 4) is 0 Å². The first kappa shape index (κ1) is 21.6. The number of carbonyl (C=O) groups excluding carboxylic acids is 1. The molecule has 0 saturated carbocycles. The summed E-state index contributed by atoms with van der Waals surface area (Å²) in [5, 5.41) is 12.1. The smallest absolute Gasteiger partial charge is 0.281 e. The summed E-state index contributed by atoms with van der Waals surface area (Å²) in [6.45, 7) is 5.09. The molecule has 0 amide bonds. The summed E-state index contributed by atoms with van der Waals surface area (Å²) < 4.78 is 13.1. The van der Waals surface area contributed by atoms with Crippen LogP contribution in [0.5, 0.6) is 0 Å². The van der Waals surface area contributed by atoms with Gasteiger partial charge in [-0.05, 0) is 36.8 Å². The number of nitro groups is 1. The Morgan fingerprint density at radius 3 is 2.75 bits per heavy atom. The molecular formula is C24H23FN4O3. The number of allylic oxidation sites excluding steroid dienone is 1. The van der Waals surface area contributed by atoms with Gasteiger partial charge in [0.2, 0.25) is 0 Å². The van der Waals surface area contributed by atoms with Gasteiger partial charge in [0.1, 0.15) is 11.4 Å². The van der Waals surface area contributed by atoms with Crippen molar-refractivity contribution >= 4 is 22.4 Å². The fraction of sp³-hybridized carbons (Fsp3) is 0.250. The lowest BCUT2D eigenvalue weighted by molar-refractivity contribution is -0.385. The van der Waals surface area contributed by atoms with Gasteiger partial charge < -0.3 is 4.90 Å². The molecule has 32 heavy (non-hydrogen) atoms. The lowest BCUT2D eigenvalue weighted by atomic mass is 10.0. The zero-order valence-corrected chi connectivity index (χ0v) is 17.6. The van der Waals surface area contributed by atoms with E-state index >= 15 is 0 Å². The van der Waals surface area contributed by atoms with Gasteiger partial charge in [-0.25, -0.2) is 4.39 Å². The van der Waals surface area contributed by atoms with Gasteiger partial charge in [0.15, 0.2) is 5.78 Å². The van der Waals surface area contributed by atoms with E-state index in [2.05, 4.69) is 21.7 Å². The van der Waals surface area contributed by atoms with Crippen LogP contribution in [0, 0.1) is 15.9 Å². The molecule has 0 bridgehead atoms. The molecule has 164 valence electrons. The Kier molecular flexibility index (Phi) is 6.23. The van der Waals surface area contributed by atoms with Crippen LogP contribution < -0.4 is 0 Å². The SMILES string of the molecule is C[C@@H]1CN(Cc2ccc(F)cc2)CCN1C=CC(=O)c1cc2ncccc2cc1[N+](=O)[O-]. The maximum atomic E-state index is 13.1. The van der Waals surface area contributed by atoms with Crippen LogP contribution in [0.3, 0.4) is 0 Å². The van der Waals surface area contributed by atoms with Gasteiger partial charge in [0.25, 0.3) is 5.69 Å². The largest absolute Gasteiger partial charge is 0.372 e. The summed E-state index contributed by atoms with van der Waals surface area (Å²) in [7, 11) is 0. The van der Waals surface area contributed by atoms with Gasteiger partial charge in [-0.15, -0.1) is 0 Å². The zero-order chi connectivity index (χ0) is 22.7. The van der Waals surface area contributed by atoms with Crippen molar-refractivity contribution < 1.29 is 14.1 Å². The minimum absolute atomic E-state index is 0.0278. The Morgan fingerprint density at radius 2 is 2.03 bits per heavy atom. The van der Waals surface area contributed by atoms with Crippen LogP contribution in [0.2, 0.25) is 0 Å². The molecule has 1 aliphatic heterocycles. The van der Waals surface area contributed by atoms with E-state index in [0.717, 1.165) is 25.2 Å². The molecule has 2 aromatic carbocycles. The van der Waals surface area contributed by atoms with Gasteiger partial charge in [-0.2, -0.15) is 0 Å². The number of hydrogen-bond acceptors (Lipinski definition) is 6. The van der Waals surface area contributed by atoms with Crippen LogP contribution in [0.15, 0.2) is 67.0 Å². The molecule has 3 aromatic rings. The second kappa shape index (κ2) is 9.23. The van der Waals surface area contributed by atoms with Crippen molar-refractivity contribution in [2.45, 2.75) is 19.5 Å². The van der Waals surface area contributed by atoms with Crippen molar-refractivity contribution in [2.75, 3.05) is 19.6 Å². The first-order valence-corrected chi connectivity index (χ1v) is 10.4. The zero-order valence-electron chi connectivity index (χ0n) is 17.6. The highest BCUT2D eigenvalue weighted by atomic mass is 19.1. The van der Waals surface area contributed by atoms with Crippen LogP contribution in [0.4, 0.5) is 10.1 Å². The van der Waals surface area contributed by atoms with Crippen LogP contribution in [-0.4, -0.2) is 51.2 Å². The van der Waals surface area contributed by atoms with Gasteiger partial charge >= 0.3 is 0 Å². The molecule has 1 aromatic heterocycles. The maximum absolute atomic E-state index is 13.1. The fourth-order valence-electron chi connectivity index (χ4n) is 3.97. The molecule has 1 atom stereocenters. The van der Waals surface area contributed by atoms with Crippen molar-refractivity contribution in [2.24, 2.45) is 0 Å². The molecule has 1 fully saturated rings. The molecule has 7 nitrogen and oxygen atoms in total. The molecule has 1 saturated heterocycles. The second-order valence-corrected chi connectivity index (χ2v) is 7.95. The summed E-state index contributed by atoms with van der Waals surface area (Å²) in [5.74, 6) is -0.672. The van der Waals surface area contributed by atoms with E-state index in [-0.39, 0.29) is 23.1 Å². The summed E-state index contributed by atoms with van der Waals surface area (Å²) >= 11 is 0. The Labute approximate surface area is 184 Å². The average molecular weight is 434 g/mol. The summed E-state index contributed by atoms with van der Waals surface area (Å²) in [4.78, 5) is 32.3. The quantitative estimate of drug-likeness (QED) is 0.251. The number of pyridine rings is 1. The van der Waals surface area contributed by atoms with Crippen LogP contribution >= 0.6 is 0 Å². The van der Waals surface area contributed by atoms with Crippen molar-refractivity contribution in [1.29, 1.82) is 0 Å². The molecular weight excluding hydrogens is 411 g/mol. The van der Waals surface area contributed by atoms with E-state index in [1.54, 1.807) is 36.7 Å². The number of nitro benzene ring substituents is 1. The van der Waals surface area contributed by atoms with Crippen molar-refractivity contribution in [3.05, 3.63) is 94.1 Å². The Morgan fingerprint density at radius 1 is 1.25 bits per heavy atom. The van der Waals surface area contributed by atoms with E-state index in [1.807, 2.05) is 0 Å². The predicted octanol–water partition coefficient (Wildman–Crippen LogP) is 4.18. The highest BCUT2D eigenvalue weighted by Crippen LogP contribution is 2.25. The van der Waals surface area contributed by atoms with Crippen molar-refractivity contribution in [3.63, 3.8) is 0 Å². The summed E-state index contributed by atoms with van der Waals surface area (Å²) in [6, 6.07) is 12.9.